The maximum absolute atomic E-state index is 12.2. The van der Waals surface area contributed by atoms with Gasteiger partial charge in [-0.15, -0.1) is 0 Å². The molecule has 0 N–H and O–H groups in total. The molecule has 2 aromatic carbocycles. The Labute approximate surface area is 132 Å². The van der Waals surface area contributed by atoms with Crippen LogP contribution in [-0.2, 0) is 9.53 Å². The molecule has 0 aliphatic carbocycles. The summed E-state index contributed by atoms with van der Waals surface area (Å²) in [5.74, 6) is 0.0306. The highest BCUT2D eigenvalue weighted by Gasteiger charge is 2.30. The zero-order chi connectivity index (χ0) is 15.5. The largest absolute Gasteiger partial charge is 0.362 e. The Bertz CT molecular complexity index is 642. The van der Waals surface area contributed by atoms with Crippen LogP contribution in [-0.4, -0.2) is 31.8 Å². The van der Waals surface area contributed by atoms with Gasteiger partial charge in [0.25, 0.3) is 0 Å². The molecule has 3 nitrogen and oxygen atoms in total. The molecule has 0 saturated carbocycles. The summed E-state index contributed by atoms with van der Waals surface area (Å²) in [5, 5.41) is 0. The number of nitrogens with zero attached hydrogens (tertiary/aromatic N) is 1. The third-order valence-corrected chi connectivity index (χ3v) is 4.15. The minimum atomic E-state index is -0.107. The van der Waals surface area contributed by atoms with Crippen molar-refractivity contribution in [2.24, 2.45) is 0 Å². The van der Waals surface area contributed by atoms with E-state index in [1.807, 2.05) is 59.5 Å². The van der Waals surface area contributed by atoms with Gasteiger partial charge in [-0.1, -0.05) is 60.1 Å². The van der Waals surface area contributed by atoms with Crippen LogP contribution in [0.3, 0.4) is 0 Å². The van der Waals surface area contributed by atoms with E-state index in [1.165, 1.54) is 0 Å². The summed E-state index contributed by atoms with van der Waals surface area (Å²) < 4.78 is 5.70. The number of hydrogen-bond donors (Lipinski definition) is 0. The maximum atomic E-state index is 12.2. The molecule has 4 heteroatoms. The van der Waals surface area contributed by atoms with Crippen molar-refractivity contribution in [1.82, 2.24) is 4.90 Å². The lowest BCUT2D eigenvalue weighted by molar-refractivity contribution is -0.152. The van der Waals surface area contributed by atoms with Crippen molar-refractivity contribution < 1.29 is 9.53 Å². The van der Waals surface area contributed by atoms with E-state index < -0.39 is 0 Å². The molecule has 3 rings (SSSR count). The van der Waals surface area contributed by atoms with Crippen LogP contribution < -0.4 is 5.46 Å². The van der Waals surface area contributed by atoms with Crippen LogP contribution in [0.1, 0.15) is 30.2 Å². The van der Waals surface area contributed by atoms with Crippen molar-refractivity contribution >= 4 is 19.2 Å². The Balaban J connectivity index is 1.79. The molecule has 1 aliphatic heterocycles. The summed E-state index contributed by atoms with van der Waals surface area (Å²) in [5.41, 5.74) is 2.91. The first-order chi connectivity index (χ1) is 10.6. The van der Waals surface area contributed by atoms with E-state index in [4.69, 9.17) is 12.6 Å². The Hall–Kier alpha value is -2.07. The third kappa shape index (κ3) is 3.07. The number of rotatable bonds is 3. The lowest BCUT2D eigenvalue weighted by Crippen LogP contribution is -2.44. The number of carbonyl (C=O) groups excluding carboxylic acids is 1. The van der Waals surface area contributed by atoms with Gasteiger partial charge in [0.2, 0.25) is 5.91 Å². The highest BCUT2D eigenvalue weighted by molar-refractivity contribution is 6.32. The van der Waals surface area contributed by atoms with E-state index in [0.717, 1.165) is 16.6 Å². The zero-order valence-electron chi connectivity index (χ0n) is 12.6. The van der Waals surface area contributed by atoms with Crippen LogP contribution in [0.4, 0.5) is 0 Å². The molecule has 0 unspecified atom stereocenters. The van der Waals surface area contributed by atoms with Crippen LogP contribution in [0.5, 0.6) is 0 Å². The highest BCUT2D eigenvalue weighted by Crippen LogP contribution is 2.28. The van der Waals surface area contributed by atoms with Crippen molar-refractivity contribution in [3.63, 3.8) is 0 Å². The standard InChI is InChI=1S/C18H18BNO2/c1-13(14-5-3-2-4-6-14)20-11-17(22-12-18(20)21)15-7-9-16(19)10-8-15/h2-10,13,17H,11-12H2,1H3/t13-,17-/m1/s1. The highest BCUT2D eigenvalue weighted by atomic mass is 16.5. The molecule has 0 bridgehead atoms. The van der Waals surface area contributed by atoms with E-state index in [1.54, 1.807) is 0 Å². The van der Waals surface area contributed by atoms with Crippen LogP contribution in [0.25, 0.3) is 0 Å². The molecule has 1 heterocycles. The summed E-state index contributed by atoms with van der Waals surface area (Å²) in [6.45, 7) is 2.73. The number of amides is 1. The second kappa shape index (κ2) is 6.36. The van der Waals surface area contributed by atoms with E-state index >= 15 is 0 Å². The number of morpholine rings is 1. The van der Waals surface area contributed by atoms with Crippen LogP contribution in [0.15, 0.2) is 54.6 Å². The number of ether oxygens (including phenoxy) is 1. The van der Waals surface area contributed by atoms with Gasteiger partial charge in [0, 0.05) is 0 Å². The minimum Gasteiger partial charge on any atom is -0.362 e. The second-order valence-corrected chi connectivity index (χ2v) is 5.60. The molecule has 110 valence electrons. The number of carbonyl (C=O) groups is 1. The van der Waals surface area contributed by atoms with Gasteiger partial charge in [-0.25, -0.2) is 0 Å². The first-order valence-corrected chi connectivity index (χ1v) is 7.46. The molecule has 1 fully saturated rings. The summed E-state index contributed by atoms with van der Waals surface area (Å²) in [7, 11) is 5.72. The summed E-state index contributed by atoms with van der Waals surface area (Å²) >= 11 is 0. The smallest absolute Gasteiger partial charge is 0.249 e. The molecule has 22 heavy (non-hydrogen) atoms. The molecule has 0 spiro atoms. The Kier molecular flexibility index (Phi) is 4.30. The first-order valence-electron chi connectivity index (χ1n) is 7.46. The van der Waals surface area contributed by atoms with Gasteiger partial charge < -0.3 is 9.64 Å². The van der Waals surface area contributed by atoms with E-state index in [2.05, 4.69) is 6.92 Å². The van der Waals surface area contributed by atoms with Gasteiger partial charge in [0.15, 0.2) is 0 Å². The lowest BCUT2D eigenvalue weighted by atomic mass is 9.94. The van der Waals surface area contributed by atoms with Gasteiger partial charge in [0.05, 0.1) is 12.6 Å². The van der Waals surface area contributed by atoms with Crippen molar-refractivity contribution in [1.29, 1.82) is 0 Å². The Morgan fingerprint density at radius 3 is 2.50 bits per heavy atom. The fourth-order valence-electron chi connectivity index (χ4n) is 2.79. The van der Waals surface area contributed by atoms with Crippen molar-refractivity contribution in [3.8, 4) is 0 Å². The normalized spacial score (nSPS) is 20.0. The average molecular weight is 291 g/mol. The van der Waals surface area contributed by atoms with Crippen molar-refractivity contribution in [2.45, 2.75) is 19.1 Å². The predicted octanol–water partition coefficient (Wildman–Crippen LogP) is 2.14. The van der Waals surface area contributed by atoms with Crippen molar-refractivity contribution in [2.75, 3.05) is 13.2 Å². The monoisotopic (exact) mass is 291 g/mol. The number of benzene rings is 2. The molecule has 0 aromatic heterocycles. The molecular formula is C18H18BNO2. The predicted molar refractivity (Wildman–Crippen MR) is 87.1 cm³/mol. The summed E-state index contributed by atoms with van der Waals surface area (Å²) in [4.78, 5) is 14.1. The second-order valence-electron chi connectivity index (χ2n) is 5.60. The quantitative estimate of drug-likeness (QED) is 0.811. The van der Waals surface area contributed by atoms with Crippen molar-refractivity contribution in [3.05, 3.63) is 65.7 Å². The van der Waals surface area contributed by atoms with Gasteiger partial charge >= 0.3 is 0 Å². The SMILES string of the molecule is [B]c1ccc([C@H]2CN([C@H](C)c3ccccc3)C(=O)CO2)cc1. The topological polar surface area (TPSA) is 29.5 Å². The van der Waals surface area contributed by atoms with Gasteiger partial charge in [0.1, 0.15) is 20.6 Å². The molecule has 2 aromatic rings. The molecule has 1 aliphatic rings. The van der Waals surface area contributed by atoms with Crippen LogP contribution >= 0.6 is 0 Å². The van der Waals surface area contributed by atoms with E-state index in [-0.39, 0.29) is 24.7 Å². The van der Waals surface area contributed by atoms with Crippen LogP contribution in [0, 0.1) is 0 Å². The zero-order valence-corrected chi connectivity index (χ0v) is 12.6. The fourth-order valence-corrected chi connectivity index (χ4v) is 2.79. The van der Waals surface area contributed by atoms with Gasteiger partial charge in [-0.05, 0) is 18.1 Å². The molecular weight excluding hydrogens is 273 g/mol. The third-order valence-electron chi connectivity index (χ3n) is 4.15. The molecule has 1 amide bonds. The number of hydrogen-bond acceptors (Lipinski definition) is 2. The van der Waals surface area contributed by atoms with Gasteiger partial charge in [-0.3, -0.25) is 4.79 Å². The Morgan fingerprint density at radius 2 is 1.82 bits per heavy atom. The lowest BCUT2D eigenvalue weighted by Gasteiger charge is -2.37. The summed E-state index contributed by atoms with van der Waals surface area (Å²) in [6, 6.07) is 17.7. The average Bonchev–Trinajstić information content (AvgIpc) is 2.56. The fraction of sp³-hybridized carbons (Fsp3) is 0.278. The first kappa shape index (κ1) is 14.9. The van der Waals surface area contributed by atoms with E-state index in [9.17, 15) is 4.79 Å². The Morgan fingerprint density at radius 1 is 1.14 bits per heavy atom. The molecule has 2 radical (unpaired) electrons. The van der Waals surface area contributed by atoms with Gasteiger partial charge in [-0.2, -0.15) is 0 Å². The van der Waals surface area contributed by atoms with Crippen LogP contribution in [0.2, 0.25) is 0 Å². The van der Waals surface area contributed by atoms with E-state index in [0.29, 0.717) is 6.54 Å². The summed E-state index contributed by atoms with van der Waals surface area (Å²) in [6.07, 6.45) is -0.107. The molecule has 2 atom stereocenters. The maximum Gasteiger partial charge on any atom is 0.249 e. The minimum absolute atomic E-state index is 0.0306. The molecule has 1 saturated heterocycles.